The summed E-state index contributed by atoms with van der Waals surface area (Å²) in [6.45, 7) is 7.71. The number of hydrogen-bond acceptors (Lipinski definition) is 2. The minimum Gasteiger partial charge on any atom is -0.307 e. The summed E-state index contributed by atoms with van der Waals surface area (Å²) in [5, 5.41) is 3.25. The number of rotatable bonds is 5. The molecule has 66 valence electrons. The Morgan fingerprint density at radius 3 is 2.55 bits per heavy atom. The molecule has 0 heterocycles. The fourth-order valence-electron chi connectivity index (χ4n) is 0.917. The second-order valence-electron chi connectivity index (χ2n) is 2.83. The maximum Gasteiger partial charge on any atom is 0.0383 e. The van der Waals surface area contributed by atoms with E-state index in [2.05, 4.69) is 11.9 Å². The molecule has 3 heteroatoms. The maximum atomic E-state index is 10.8. The maximum absolute atomic E-state index is 10.8. The molecule has 0 aromatic rings. The second-order valence-corrected chi connectivity index (χ2v) is 4.31. The molecule has 11 heavy (non-hydrogen) atoms. The van der Waals surface area contributed by atoms with Crippen LogP contribution in [-0.4, -0.2) is 28.3 Å². The molecule has 0 aliphatic carbocycles. The lowest BCUT2D eigenvalue weighted by molar-refractivity contribution is 0.551. The van der Waals surface area contributed by atoms with Gasteiger partial charge in [0.25, 0.3) is 0 Å². The molecular weight excluding hydrogens is 158 g/mol. The Kier molecular flexibility index (Phi) is 5.42. The van der Waals surface area contributed by atoms with Gasteiger partial charge >= 0.3 is 0 Å². The van der Waals surface area contributed by atoms with E-state index in [4.69, 9.17) is 0 Å². The van der Waals surface area contributed by atoms with Crippen LogP contribution in [0, 0.1) is 0 Å². The molecule has 0 spiro atoms. The summed E-state index contributed by atoms with van der Waals surface area (Å²) >= 11 is 0. The molecule has 0 aromatic heterocycles. The first kappa shape index (κ1) is 10.8. The van der Waals surface area contributed by atoms with Crippen LogP contribution >= 0.6 is 0 Å². The van der Waals surface area contributed by atoms with Crippen LogP contribution in [0.5, 0.6) is 0 Å². The fourth-order valence-corrected chi connectivity index (χ4v) is 1.72. The lowest BCUT2D eigenvalue weighted by Gasteiger charge is -2.15. The third-order valence-electron chi connectivity index (χ3n) is 1.39. The van der Waals surface area contributed by atoms with Crippen molar-refractivity contribution < 1.29 is 4.21 Å². The van der Waals surface area contributed by atoms with E-state index in [1.807, 2.05) is 19.9 Å². The summed E-state index contributed by atoms with van der Waals surface area (Å²) in [4.78, 5) is 0. The van der Waals surface area contributed by atoms with Crippen molar-refractivity contribution >= 4 is 10.8 Å². The SMILES string of the molecule is C=CC(C)NC(C)CS(C)=O. The molecule has 2 nitrogen and oxygen atoms in total. The Morgan fingerprint density at radius 1 is 1.64 bits per heavy atom. The van der Waals surface area contributed by atoms with E-state index in [1.54, 1.807) is 6.26 Å². The minimum atomic E-state index is -0.711. The molecule has 0 fully saturated rings. The monoisotopic (exact) mass is 175 g/mol. The lowest BCUT2D eigenvalue weighted by atomic mass is 10.3. The van der Waals surface area contributed by atoms with Gasteiger partial charge in [0.05, 0.1) is 0 Å². The number of nitrogens with one attached hydrogen (secondary N) is 1. The quantitative estimate of drug-likeness (QED) is 0.629. The van der Waals surface area contributed by atoms with Gasteiger partial charge in [0.1, 0.15) is 0 Å². The van der Waals surface area contributed by atoms with Crippen LogP contribution in [0.15, 0.2) is 12.7 Å². The van der Waals surface area contributed by atoms with Crippen LogP contribution in [0.4, 0.5) is 0 Å². The largest absolute Gasteiger partial charge is 0.307 e. The van der Waals surface area contributed by atoms with E-state index >= 15 is 0 Å². The summed E-state index contributed by atoms with van der Waals surface area (Å²) in [7, 11) is -0.711. The Bertz CT molecular complexity index is 147. The summed E-state index contributed by atoms with van der Waals surface area (Å²) < 4.78 is 10.8. The van der Waals surface area contributed by atoms with E-state index in [9.17, 15) is 4.21 Å². The zero-order valence-electron chi connectivity index (χ0n) is 7.46. The summed E-state index contributed by atoms with van der Waals surface area (Å²) in [5.41, 5.74) is 0. The van der Waals surface area contributed by atoms with E-state index < -0.39 is 10.8 Å². The van der Waals surface area contributed by atoms with Gasteiger partial charge in [0, 0.05) is 34.9 Å². The molecule has 0 saturated carbocycles. The van der Waals surface area contributed by atoms with Gasteiger partial charge < -0.3 is 5.32 Å². The van der Waals surface area contributed by atoms with E-state index in [0.29, 0.717) is 17.8 Å². The van der Waals surface area contributed by atoms with Gasteiger partial charge in [-0.15, -0.1) is 6.58 Å². The van der Waals surface area contributed by atoms with Crippen molar-refractivity contribution in [2.75, 3.05) is 12.0 Å². The van der Waals surface area contributed by atoms with Gasteiger partial charge in [0.15, 0.2) is 0 Å². The summed E-state index contributed by atoms with van der Waals surface area (Å²) in [5.74, 6) is 0.707. The van der Waals surface area contributed by atoms with Crippen LogP contribution in [0.2, 0.25) is 0 Å². The van der Waals surface area contributed by atoms with Gasteiger partial charge in [-0.05, 0) is 13.8 Å². The molecule has 0 aromatic carbocycles. The van der Waals surface area contributed by atoms with Crippen molar-refractivity contribution in [3.63, 3.8) is 0 Å². The van der Waals surface area contributed by atoms with E-state index in [1.165, 1.54) is 0 Å². The Hall–Kier alpha value is -0.150. The minimum absolute atomic E-state index is 0.300. The molecule has 0 bridgehead atoms. The van der Waals surface area contributed by atoms with Crippen LogP contribution < -0.4 is 5.32 Å². The molecule has 1 N–H and O–H groups in total. The fraction of sp³-hybridized carbons (Fsp3) is 0.750. The highest BCUT2D eigenvalue weighted by Crippen LogP contribution is 1.89. The lowest BCUT2D eigenvalue weighted by Crippen LogP contribution is -2.36. The number of hydrogen-bond donors (Lipinski definition) is 1. The van der Waals surface area contributed by atoms with E-state index in [-0.39, 0.29) is 0 Å². The van der Waals surface area contributed by atoms with Gasteiger partial charge in [-0.1, -0.05) is 6.08 Å². The summed E-state index contributed by atoms with van der Waals surface area (Å²) in [6.07, 6.45) is 3.56. The van der Waals surface area contributed by atoms with Crippen LogP contribution in [0.25, 0.3) is 0 Å². The van der Waals surface area contributed by atoms with Crippen molar-refractivity contribution in [1.29, 1.82) is 0 Å². The van der Waals surface area contributed by atoms with Gasteiger partial charge in [-0.25, -0.2) is 0 Å². The average molecular weight is 175 g/mol. The Balaban J connectivity index is 3.59. The molecule has 0 amide bonds. The van der Waals surface area contributed by atoms with Crippen LogP contribution in [0.1, 0.15) is 13.8 Å². The third kappa shape index (κ3) is 6.26. The zero-order chi connectivity index (χ0) is 8.85. The first-order chi connectivity index (χ1) is 5.06. The first-order valence-corrected chi connectivity index (χ1v) is 5.47. The topological polar surface area (TPSA) is 29.1 Å². The Morgan fingerprint density at radius 2 is 2.18 bits per heavy atom. The molecule has 0 aliphatic rings. The van der Waals surface area contributed by atoms with Gasteiger partial charge in [0.2, 0.25) is 0 Å². The highest BCUT2D eigenvalue weighted by Gasteiger charge is 2.05. The Labute approximate surface area is 71.5 Å². The molecule has 3 atom stereocenters. The second kappa shape index (κ2) is 5.49. The summed E-state index contributed by atoms with van der Waals surface area (Å²) in [6, 6.07) is 0.599. The van der Waals surface area contributed by atoms with Crippen molar-refractivity contribution in [2.24, 2.45) is 0 Å². The molecular formula is C8H17NOS. The van der Waals surface area contributed by atoms with Crippen molar-refractivity contribution in [3.8, 4) is 0 Å². The molecule has 0 aliphatic heterocycles. The molecule has 0 rings (SSSR count). The smallest absolute Gasteiger partial charge is 0.0383 e. The van der Waals surface area contributed by atoms with E-state index in [0.717, 1.165) is 0 Å². The highest BCUT2D eigenvalue weighted by molar-refractivity contribution is 7.84. The molecule has 0 saturated heterocycles. The van der Waals surface area contributed by atoms with Gasteiger partial charge in [-0.3, -0.25) is 4.21 Å². The van der Waals surface area contributed by atoms with Gasteiger partial charge in [-0.2, -0.15) is 0 Å². The first-order valence-electron chi connectivity index (χ1n) is 3.75. The molecule has 3 unspecified atom stereocenters. The van der Waals surface area contributed by atoms with Crippen LogP contribution in [0.3, 0.4) is 0 Å². The van der Waals surface area contributed by atoms with Crippen molar-refractivity contribution in [1.82, 2.24) is 5.32 Å². The normalized spacial score (nSPS) is 18.8. The van der Waals surface area contributed by atoms with Crippen molar-refractivity contribution in [2.45, 2.75) is 25.9 Å². The predicted octanol–water partition coefficient (Wildman–Crippen LogP) is 0.917. The highest BCUT2D eigenvalue weighted by atomic mass is 32.2. The van der Waals surface area contributed by atoms with Crippen LogP contribution in [-0.2, 0) is 10.8 Å². The third-order valence-corrected chi connectivity index (χ3v) is 2.36. The van der Waals surface area contributed by atoms with Crippen molar-refractivity contribution in [3.05, 3.63) is 12.7 Å². The predicted molar refractivity (Wildman–Crippen MR) is 51.2 cm³/mol. The zero-order valence-corrected chi connectivity index (χ0v) is 8.28. The average Bonchev–Trinajstić information content (AvgIpc) is 1.85. The molecule has 0 radical (unpaired) electrons. The standard InChI is InChI=1S/C8H17NOS/c1-5-7(2)9-8(3)6-11(4)10/h5,7-9H,1,6H2,2-4H3.